The van der Waals surface area contributed by atoms with E-state index in [1.54, 1.807) is 29.2 Å². The average molecular weight is 399 g/mol. The van der Waals surface area contributed by atoms with E-state index in [1.807, 2.05) is 30.3 Å². The van der Waals surface area contributed by atoms with E-state index in [0.29, 0.717) is 28.7 Å². The molecule has 0 aliphatic carbocycles. The summed E-state index contributed by atoms with van der Waals surface area (Å²) in [5.41, 5.74) is 1.37. The van der Waals surface area contributed by atoms with Gasteiger partial charge in [0.15, 0.2) is 0 Å². The minimum atomic E-state index is -0.275. The van der Waals surface area contributed by atoms with Crippen LogP contribution in [0.5, 0.6) is 0 Å². The van der Waals surface area contributed by atoms with Crippen molar-refractivity contribution in [3.05, 3.63) is 70.2 Å². The monoisotopic (exact) mass is 398 g/mol. The van der Waals surface area contributed by atoms with Gasteiger partial charge in [-0.25, -0.2) is 0 Å². The summed E-state index contributed by atoms with van der Waals surface area (Å²) < 4.78 is 0. The Morgan fingerprint density at radius 1 is 1.11 bits per heavy atom. The Kier molecular flexibility index (Phi) is 4.87. The van der Waals surface area contributed by atoms with Crippen LogP contribution in [0.25, 0.3) is 0 Å². The molecule has 1 fully saturated rings. The summed E-state index contributed by atoms with van der Waals surface area (Å²) in [6, 6.07) is 16.2. The van der Waals surface area contributed by atoms with Crippen molar-refractivity contribution in [2.45, 2.75) is 12.3 Å². The van der Waals surface area contributed by atoms with Gasteiger partial charge in [-0.1, -0.05) is 41.1 Å². The maximum absolute atomic E-state index is 12.4. The zero-order chi connectivity index (χ0) is 18.8. The Bertz CT molecular complexity index is 975. The van der Waals surface area contributed by atoms with Gasteiger partial charge in [0.1, 0.15) is 5.01 Å². The number of halogens is 1. The molecule has 0 spiro atoms. The Labute approximate surface area is 164 Å². The van der Waals surface area contributed by atoms with E-state index in [4.69, 9.17) is 11.6 Å². The van der Waals surface area contributed by atoms with Gasteiger partial charge >= 0.3 is 0 Å². The molecule has 136 valence electrons. The van der Waals surface area contributed by atoms with E-state index in [0.717, 1.165) is 10.7 Å². The number of nitrogens with one attached hydrogen (secondary N) is 1. The summed E-state index contributed by atoms with van der Waals surface area (Å²) in [5.74, 6) is -0.243. The van der Waals surface area contributed by atoms with Crippen LogP contribution in [0.4, 0.5) is 10.8 Å². The molecule has 1 saturated heterocycles. The standard InChI is InChI=1S/C19H15ClN4O2S/c20-14-8-6-12(7-9-14)17(26)21-19-23-22-18(27-19)13-10-16(25)24(11-13)15-4-2-1-3-5-15/h1-9,13H,10-11H2,(H,21,23,26). The van der Waals surface area contributed by atoms with Gasteiger partial charge in [0.2, 0.25) is 11.0 Å². The second-order valence-electron chi connectivity index (χ2n) is 6.15. The lowest BCUT2D eigenvalue weighted by molar-refractivity contribution is -0.117. The van der Waals surface area contributed by atoms with Gasteiger partial charge in [0.05, 0.1) is 0 Å². The highest BCUT2D eigenvalue weighted by Gasteiger charge is 2.33. The number of para-hydroxylation sites is 1. The molecule has 2 aromatic carbocycles. The topological polar surface area (TPSA) is 75.2 Å². The van der Waals surface area contributed by atoms with Gasteiger partial charge in [-0.3, -0.25) is 14.9 Å². The van der Waals surface area contributed by atoms with Crippen LogP contribution >= 0.6 is 22.9 Å². The molecule has 1 N–H and O–H groups in total. The molecule has 1 aliphatic heterocycles. The van der Waals surface area contributed by atoms with Gasteiger partial charge in [0, 0.05) is 35.2 Å². The molecule has 27 heavy (non-hydrogen) atoms. The molecule has 4 rings (SSSR count). The number of benzene rings is 2. The van der Waals surface area contributed by atoms with Crippen molar-refractivity contribution in [3.63, 3.8) is 0 Å². The van der Waals surface area contributed by atoms with Crippen LogP contribution in [0, 0.1) is 0 Å². The molecule has 1 unspecified atom stereocenters. The van der Waals surface area contributed by atoms with E-state index in [1.165, 1.54) is 11.3 Å². The van der Waals surface area contributed by atoms with Gasteiger partial charge in [-0.05, 0) is 36.4 Å². The first-order valence-corrected chi connectivity index (χ1v) is 9.55. The van der Waals surface area contributed by atoms with Crippen molar-refractivity contribution in [1.29, 1.82) is 0 Å². The highest BCUT2D eigenvalue weighted by atomic mass is 35.5. The maximum atomic E-state index is 12.4. The summed E-state index contributed by atoms with van der Waals surface area (Å²) in [6.45, 7) is 0.558. The molecule has 2 heterocycles. The number of rotatable bonds is 4. The van der Waals surface area contributed by atoms with Crippen LogP contribution in [0.1, 0.15) is 27.7 Å². The first kappa shape index (κ1) is 17.6. The quantitative estimate of drug-likeness (QED) is 0.721. The van der Waals surface area contributed by atoms with Crippen LogP contribution < -0.4 is 10.2 Å². The lowest BCUT2D eigenvalue weighted by Crippen LogP contribution is -2.24. The number of carbonyl (C=O) groups excluding carboxylic acids is 2. The average Bonchev–Trinajstić information content (AvgIpc) is 3.29. The Balaban J connectivity index is 1.44. The zero-order valence-electron chi connectivity index (χ0n) is 14.1. The number of carbonyl (C=O) groups is 2. The largest absolute Gasteiger partial charge is 0.312 e. The van der Waals surface area contributed by atoms with E-state index in [2.05, 4.69) is 15.5 Å². The fourth-order valence-corrected chi connectivity index (χ4v) is 3.91. The Hall–Kier alpha value is -2.77. The summed E-state index contributed by atoms with van der Waals surface area (Å²) in [6.07, 6.45) is 0.384. The van der Waals surface area contributed by atoms with Gasteiger partial charge < -0.3 is 4.90 Å². The van der Waals surface area contributed by atoms with E-state index >= 15 is 0 Å². The Morgan fingerprint density at radius 2 is 1.85 bits per heavy atom. The number of anilines is 2. The summed E-state index contributed by atoms with van der Waals surface area (Å²) >= 11 is 7.13. The predicted molar refractivity (Wildman–Crippen MR) is 105 cm³/mol. The van der Waals surface area contributed by atoms with E-state index in [9.17, 15) is 9.59 Å². The SMILES string of the molecule is O=C(Nc1nnc(C2CC(=O)N(c3ccccc3)C2)s1)c1ccc(Cl)cc1. The smallest absolute Gasteiger partial charge is 0.257 e. The number of nitrogens with zero attached hydrogens (tertiary/aromatic N) is 3. The molecule has 1 aromatic heterocycles. The van der Waals surface area contributed by atoms with Gasteiger partial charge in [-0.2, -0.15) is 0 Å². The molecule has 0 bridgehead atoms. The molecular weight excluding hydrogens is 384 g/mol. The lowest BCUT2D eigenvalue weighted by Gasteiger charge is -2.15. The molecule has 1 atom stereocenters. The molecule has 6 nitrogen and oxygen atoms in total. The minimum Gasteiger partial charge on any atom is -0.312 e. The molecular formula is C19H15ClN4O2S. The van der Waals surface area contributed by atoms with Crippen molar-refractivity contribution in [3.8, 4) is 0 Å². The summed E-state index contributed by atoms with van der Waals surface area (Å²) in [5, 5.41) is 12.7. The molecule has 1 aliphatic rings. The number of amides is 2. The van der Waals surface area contributed by atoms with Crippen LogP contribution in [-0.2, 0) is 4.79 Å². The molecule has 0 saturated carbocycles. The fraction of sp³-hybridized carbons (Fsp3) is 0.158. The van der Waals surface area contributed by atoms with Crippen LogP contribution in [0.3, 0.4) is 0 Å². The lowest BCUT2D eigenvalue weighted by atomic mass is 10.1. The second kappa shape index (κ2) is 7.46. The van der Waals surface area contributed by atoms with Crippen molar-refractivity contribution >= 4 is 45.6 Å². The van der Waals surface area contributed by atoms with Crippen LogP contribution in [0.2, 0.25) is 5.02 Å². The highest BCUT2D eigenvalue weighted by Crippen LogP contribution is 2.34. The maximum Gasteiger partial charge on any atom is 0.257 e. The third-order valence-corrected chi connectivity index (χ3v) is 5.56. The first-order valence-electron chi connectivity index (χ1n) is 8.36. The third kappa shape index (κ3) is 3.84. The molecule has 8 heteroatoms. The van der Waals surface area contributed by atoms with E-state index < -0.39 is 0 Å². The zero-order valence-corrected chi connectivity index (χ0v) is 15.7. The Morgan fingerprint density at radius 3 is 2.59 bits per heavy atom. The van der Waals surface area contributed by atoms with Crippen molar-refractivity contribution < 1.29 is 9.59 Å². The van der Waals surface area contributed by atoms with Crippen molar-refractivity contribution in [2.24, 2.45) is 0 Å². The predicted octanol–water partition coefficient (Wildman–Crippen LogP) is 3.96. The normalized spacial score (nSPS) is 16.6. The molecule has 3 aromatic rings. The highest BCUT2D eigenvalue weighted by molar-refractivity contribution is 7.15. The number of aromatic nitrogens is 2. The fourth-order valence-electron chi connectivity index (χ4n) is 2.95. The van der Waals surface area contributed by atoms with Crippen LogP contribution in [0.15, 0.2) is 54.6 Å². The van der Waals surface area contributed by atoms with Gasteiger partial charge in [-0.15, -0.1) is 10.2 Å². The first-order chi connectivity index (χ1) is 13.1. The van der Waals surface area contributed by atoms with Gasteiger partial charge in [0.25, 0.3) is 5.91 Å². The number of hydrogen-bond acceptors (Lipinski definition) is 5. The van der Waals surface area contributed by atoms with E-state index in [-0.39, 0.29) is 17.7 Å². The summed E-state index contributed by atoms with van der Waals surface area (Å²) in [4.78, 5) is 26.4. The molecule has 2 amide bonds. The third-order valence-electron chi connectivity index (χ3n) is 4.31. The summed E-state index contributed by atoms with van der Waals surface area (Å²) in [7, 11) is 0. The second-order valence-corrected chi connectivity index (χ2v) is 7.59. The van der Waals surface area contributed by atoms with Crippen molar-refractivity contribution in [2.75, 3.05) is 16.8 Å². The van der Waals surface area contributed by atoms with Crippen LogP contribution in [-0.4, -0.2) is 28.6 Å². The van der Waals surface area contributed by atoms with Crippen molar-refractivity contribution in [1.82, 2.24) is 10.2 Å². The number of hydrogen-bond donors (Lipinski definition) is 1. The molecule has 0 radical (unpaired) electrons. The minimum absolute atomic E-state index is 0.0311.